The van der Waals surface area contributed by atoms with Crippen LogP contribution in [0.5, 0.6) is 0 Å². The molecule has 0 saturated heterocycles. The predicted molar refractivity (Wildman–Crippen MR) is 110 cm³/mol. The van der Waals surface area contributed by atoms with E-state index in [-0.39, 0.29) is 5.82 Å². The van der Waals surface area contributed by atoms with Crippen LogP contribution in [0, 0.1) is 5.82 Å². The van der Waals surface area contributed by atoms with Gasteiger partial charge in [0.15, 0.2) is 0 Å². The number of fused-ring (bicyclic) bond motifs is 1. The van der Waals surface area contributed by atoms with Crippen LogP contribution in [0.15, 0.2) is 77.3 Å². The standard InChI is InChI=1S/C21H13BrClFN2/c22-19-20(13-5-9-15(24)10-6-13)26-18-4-2-1-3-17(18)21(19)25-16-11-7-14(23)8-12-16/h1-12H,(H,25,26). The maximum atomic E-state index is 13.3. The largest absolute Gasteiger partial charge is 0.354 e. The fourth-order valence-corrected chi connectivity index (χ4v) is 3.54. The lowest BCUT2D eigenvalue weighted by Crippen LogP contribution is -1.97. The van der Waals surface area contributed by atoms with Crippen molar-refractivity contribution in [3.05, 3.63) is 88.1 Å². The first-order chi connectivity index (χ1) is 12.6. The van der Waals surface area contributed by atoms with Crippen LogP contribution in [0.3, 0.4) is 0 Å². The first kappa shape index (κ1) is 17.0. The van der Waals surface area contributed by atoms with Crippen molar-refractivity contribution >= 4 is 49.8 Å². The highest BCUT2D eigenvalue weighted by molar-refractivity contribution is 9.10. The molecule has 26 heavy (non-hydrogen) atoms. The van der Waals surface area contributed by atoms with Crippen LogP contribution in [-0.4, -0.2) is 4.98 Å². The van der Waals surface area contributed by atoms with Crippen molar-refractivity contribution in [2.24, 2.45) is 0 Å². The number of aromatic nitrogens is 1. The molecule has 2 nitrogen and oxygen atoms in total. The highest BCUT2D eigenvalue weighted by Crippen LogP contribution is 2.39. The molecule has 5 heteroatoms. The molecule has 128 valence electrons. The number of para-hydroxylation sites is 1. The molecule has 3 aromatic carbocycles. The lowest BCUT2D eigenvalue weighted by atomic mass is 10.1. The van der Waals surface area contributed by atoms with E-state index in [1.165, 1.54) is 12.1 Å². The number of rotatable bonds is 3. The summed E-state index contributed by atoms with van der Waals surface area (Å²) in [6.07, 6.45) is 0. The maximum Gasteiger partial charge on any atom is 0.123 e. The molecule has 0 aliphatic rings. The number of nitrogens with one attached hydrogen (secondary N) is 1. The average Bonchev–Trinajstić information content (AvgIpc) is 2.66. The molecule has 1 heterocycles. The van der Waals surface area contributed by atoms with Crippen LogP contribution < -0.4 is 5.32 Å². The molecule has 0 atom stereocenters. The molecule has 0 saturated carbocycles. The summed E-state index contributed by atoms with van der Waals surface area (Å²) in [5, 5.41) is 5.11. The normalized spacial score (nSPS) is 10.9. The quantitative estimate of drug-likeness (QED) is 0.374. The van der Waals surface area contributed by atoms with E-state index in [9.17, 15) is 4.39 Å². The molecule has 1 aromatic heterocycles. The molecule has 0 amide bonds. The molecule has 4 aromatic rings. The van der Waals surface area contributed by atoms with Gasteiger partial charge in [-0.15, -0.1) is 0 Å². The lowest BCUT2D eigenvalue weighted by molar-refractivity contribution is 0.628. The fraction of sp³-hybridized carbons (Fsp3) is 0. The highest BCUT2D eigenvalue weighted by atomic mass is 79.9. The van der Waals surface area contributed by atoms with E-state index in [4.69, 9.17) is 16.6 Å². The second kappa shape index (κ2) is 7.06. The average molecular weight is 428 g/mol. The zero-order chi connectivity index (χ0) is 18.1. The summed E-state index contributed by atoms with van der Waals surface area (Å²) in [6, 6.07) is 21.7. The Balaban J connectivity index is 1.90. The molecule has 0 fully saturated rings. The topological polar surface area (TPSA) is 24.9 Å². The van der Waals surface area contributed by atoms with Gasteiger partial charge in [-0.25, -0.2) is 9.37 Å². The van der Waals surface area contributed by atoms with E-state index < -0.39 is 0 Å². The minimum atomic E-state index is -0.273. The fourth-order valence-electron chi connectivity index (χ4n) is 2.79. The molecular formula is C21H13BrClFN2. The number of hydrogen-bond acceptors (Lipinski definition) is 2. The Morgan fingerprint density at radius 1 is 0.885 bits per heavy atom. The van der Waals surface area contributed by atoms with Gasteiger partial charge in [-0.3, -0.25) is 0 Å². The monoisotopic (exact) mass is 426 g/mol. The molecule has 0 unspecified atom stereocenters. The number of nitrogens with zero attached hydrogens (tertiary/aromatic N) is 1. The number of anilines is 2. The van der Waals surface area contributed by atoms with Crippen molar-refractivity contribution in [1.29, 1.82) is 0 Å². The van der Waals surface area contributed by atoms with Gasteiger partial charge in [-0.05, 0) is 70.5 Å². The van der Waals surface area contributed by atoms with E-state index in [1.54, 1.807) is 12.1 Å². The molecule has 0 aliphatic carbocycles. The van der Waals surface area contributed by atoms with Gasteiger partial charge in [0.05, 0.1) is 21.4 Å². The summed E-state index contributed by atoms with van der Waals surface area (Å²) in [5.74, 6) is -0.273. The van der Waals surface area contributed by atoms with Crippen LogP contribution >= 0.6 is 27.5 Å². The Morgan fingerprint density at radius 3 is 2.31 bits per heavy atom. The van der Waals surface area contributed by atoms with Crippen molar-refractivity contribution < 1.29 is 4.39 Å². The lowest BCUT2D eigenvalue weighted by Gasteiger charge is -2.15. The van der Waals surface area contributed by atoms with Gasteiger partial charge in [0.1, 0.15) is 5.82 Å². The summed E-state index contributed by atoms with van der Waals surface area (Å²) >= 11 is 9.67. The molecule has 1 N–H and O–H groups in total. The molecule has 0 aliphatic heterocycles. The van der Waals surface area contributed by atoms with Crippen LogP contribution in [0.2, 0.25) is 5.02 Å². The summed E-state index contributed by atoms with van der Waals surface area (Å²) in [6.45, 7) is 0. The van der Waals surface area contributed by atoms with Crippen molar-refractivity contribution in [1.82, 2.24) is 4.98 Å². The Hall–Kier alpha value is -2.43. The third-order valence-electron chi connectivity index (χ3n) is 4.06. The van der Waals surface area contributed by atoms with E-state index >= 15 is 0 Å². The Morgan fingerprint density at radius 2 is 1.58 bits per heavy atom. The van der Waals surface area contributed by atoms with Crippen LogP contribution in [0.4, 0.5) is 15.8 Å². The van der Waals surface area contributed by atoms with Gasteiger partial charge < -0.3 is 5.32 Å². The first-order valence-corrected chi connectivity index (χ1v) is 9.16. The van der Waals surface area contributed by atoms with Gasteiger partial charge in [0.2, 0.25) is 0 Å². The molecule has 4 rings (SSSR count). The minimum Gasteiger partial charge on any atom is -0.354 e. The molecule has 0 radical (unpaired) electrons. The van der Waals surface area contributed by atoms with E-state index in [2.05, 4.69) is 21.2 Å². The molecular weight excluding hydrogens is 415 g/mol. The minimum absolute atomic E-state index is 0.273. The molecule has 0 spiro atoms. The first-order valence-electron chi connectivity index (χ1n) is 7.98. The van der Waals surface area contributed by atoms with E-state index in [0.29, 0.717) is 5.02 Å². The number of pyridine rings is 1. The maximum absolute atomic E-state index is 13.3. The van der Waals surface area contributed by atoms with E-state index in [0.717, 1.165) is 38.0 Å². The summed E-state index contributed by atoms with van der Waals surface area (Å²) in [7, 11) is 0. The van der Waals surface area contributed by atoms with Gasteiger partial charge in [-0.2, -0.15) is 0 Å². The second-order valence-corrected chi connectivity index (χ2v) is 7.03. The van der Waals surface area contributed by atoms with Crippen LogP contribution in [0.1, 0.15) is 0 Å². The van der Waals surface area contributed by atoms with Gasteiger partial charge in [-0.1, -0.05) is 29.8 Å². The number of halogens is 3. The second-order valence-electron chi connectivity index (χ2n) is 5.81. The Bertz CT molecular complexity index is 1080. The van der Waals surface area contributed by atoms with Gasteiger partial charge in [0, 0.05) is 21.7 Å². The van der Waals surface area contributed by atoms with E-state index in [1.807, 2.05) is 48.5 Å². The van der Waals surface area contributed by atoms with Crippen LogP contribution in [-0.2, 0) is 0 Å². The summed E-state index contributed by atoms with van der Waals surface area (Å²) in [4.78, 5) is 4.76. The predicted octanol–water partition coefficient (Wildman–Crippen LogP) is 7.20. The van der Waals surface area contributed by atoms with Crippen molar-refractivity contribution in [3.63, 3.8) is 0 Å². The van der Waals surface area contributed by atoms with Crippen LogP contribution in [0.25, 0.3) is 22.2 Å². The Kier molecular flexibility index (Phi) is 4.62. The zero-order valence-corrected chi connectivity index (χ0v) is 15.9. The Labute approximate surface area is 163 Å². The van der Waals surface area contributed by atoms with Crippen molar-refractivity contribution in [2.45, 2.75) is 0 Å². The number of hydrogen-bond donors (Lipinski definition) is 1. The third-order valence-corrected chi connectivity index (χ3v) is 5.09. The van der Waals surface area contributed by atoms with Crippen molar-refractivity contribution in [3.8, 4) is 11.3 Å². The van der Waals surface area contributed by atoms with Gasteiger partial charge in [0.25, 0.3) is 0 Å². The number of benzene rings is 3. The van der Waals surface area contributed by atoms with Crippen molar-refractivity contribution in [2.75, 3.05) is 5.32 Å². The summed E-state index contributed by atoms with van der Waals surface area (Å²) in [5.41, 5.74) is 4.25. The SMILES string of the molecule is Fc1ccc(-c2nc3ccccc3c(Nc3ccc(Cl)cc3)c2Br)cc1. The smallest absolute Gasteiger partial charge is 0.123 e. The van der Waals surface area contributed by atoms with Gasteiger partial charge >= 0.3 is 0 Å². The summed E-state index contributed by atoms with van der Waals surface area (Å²) < 4.78 is 14.1. The highest BCUT2D eigenvalue weighted by Gasteiger charge is 2.15. The molecule has 0 bridgehead atoms. The third kappa shape index (κ3) is 3.30. The zero-order valence-electron chi connectivity index (χ0n) is 13.5.